The van der Waals surface area contributed by atoms with Gasteiger partial charge in [0.25, 0.3) is 5.91 Å². The van der Waals surface area contributed by atoms with Crippen LogP contribution in [0.4, 0.5) is 0 Å². The van der Waals surface area contributed by atoms with Gasteiger partial charge in [-0.05, 0) is 49.8 Å². The number of likely N-dealkylation sites (tertiary alicyclic amines) is 3. The molecular weight excluding hydrogens is 420 g/mol. The number of nitrogens with two attached hydrogens (primary N) is 1. The van der Waals surface area contributed by atoms with Crippen molar-refractivity contribution in [3.05, 3.63) is 35.4 Å². The normalized spacial score (nSPS) is 31.8. The van der Waals surface area contributed by atoms with Gasteiger partial charge in [-0.15, -0.1) is 0 Å². The number of hydrogen-bond acceptors (Lipinski definition) is 6. The van der Waals surface area contributed by atoms with Crippen molar-refractivity contribution in [2.75, 3.05) is 20.1 Å². The number of piperazine rings is 1. The zero-order valence-electron chi connectivity index (χ0n) is 19.0. The summed E-state index contributed by atoms with van der Waals surface area (Å²) in [5.74, 6) is 0.171. The third-order valence-electron chi connectivity index (χ3n) is 7.85. The van der Waals surface area contributed by atoms with Crippen LogP contribution in [0.15, 0.2) is 24.3 Å². The molecule has 1 aliphatic carbocycles. The van der Waals surface area contributed by atoms with Crippen LogP contribution in [0.2, 0.25) is 0 Å². The summed E-state index contributed by atoms with van der Waals surface area (Å²) in [5, 5.41) is 12.0. The highest BCUT2D eigenvalue weighted by atomic mass is 16.2. The first kappa shape index (κ1) is 21.9. The predicted octanol–water partition coefficient (Wildman–Crippen LogP) is 0.233. The van der Waals surface area contributed by atoms with Crippen LogP contribution in [0.25, 0.3) is 0 Å². The minimum absolute atomic E-state index is 0.0436. The number of amides is 3. The van der Waals surface area contributed by atoms with E-state index in [-0.39, 0.29) is 47.9 Å². The lowest BCUT2D eigenvalue weighted by Gasteiger charge is -2.38. The van der Waals surface area contributed by atoms with Gasteiger partial charge in [-0.1, -0.05) is 12.1 Å². The maximum Gasteiger partial charge on any atom is 0.251 e. The highest BCUT2D eigenvalue weighted by molar-refractivity contribution is 5.94. The lowest BCUT2D eigenvalue weighted by Crippen LogP contribution is -2.57. The number of piperidine rings is 1. The van der Waals surface area contributed by atoms with Crippen molar-refractivity contribution in [2.24, 2.45) is 11.7 Å². The average Bonchev–Trinajstić information content (AvgIpc) is 3.15. The average molecular weight is 451 g/mol. The molecule has 33 heavy (non-hydrogen) atoms. The van der Waals surface area contributed by atoms with Crippen LogP contribution in [0.5, 0.6) is 0 Å². The van der Waals surface area contributed by atoms with E-state index in [9.17, 15) is 19.6 Å². The molecule has 3 N–H and O–H groups in total. The first-order valence-corrected chi connectivity index (χ1v) is 11.7. The van der Waals surface area contributed by atoms with Crippen molar-refractivity contribution >= 4 is 17.7 Å². The van der Waals surface area contributed by atoms with Gasteiger partial charge in [-0.3, -0.25) is 19.3 Å². The Bertz CT molecular complexity index is 1040. The van der Waals surface area contributed by atoms with Crippen molar-refractivity contribution in [1.82, 2.24) is 20.0 Å². The second-order valence-corrected chi connectivity index (χ2v) is 9.78. The first-order valence-electron chi connectivity index (χ1n) is 11.7. The Kier molecular flexibility index (Phi) is 5.38. The maximum atomic E-state index is 13.3. The molecule has 3 amide bonds. The molecule has 1 saturated carbocycles. The summed E-state index contributed by atoms with van der Waals surface area (Å²) in [7, 11) is 1.60. The molecule has 1 aromatic carbocycles. The molecule has 1 unspecified atom stereocenters. The molecule has 0 spiro atoms. The minimum Gasteiger partial charge on any atom is -0.355 e. The topological polar surface area (TPSA) is 123 Å². The number of carbonyl (C=O) groups excluding carboxylic acids is 3. The SMILES string of the molecule is CNC(=O)c1cccc([C@@H](C)N2C(=O)[C@H]3C[C@@H]2CN3C[C@H](N)C(=O)N2C3C[C@H]3C[C@H]2C#N)c1. The number of nitriles is 1. The summed E-state index contributed by atoms with van der Waals surface area (Å²) in [5.41, 5.74) is 7.78. The van der Waals surface area contributed by atoms with Crippen molar-refractivity contribution < 1.29 is 14.4 Å². The summed E-state index contributed by atoms with van der Waals surface area (Å²) < 4.78 is 0. The van der Waals surface area contributed by atoms with Gasteiger partial charge in [0.05, 0.1) is 24.2 Å². The number of fused-ring (bicyclic) bond motifs is 3. The summed E-state index contributed by atoms with van der Waals surface area (Å²) in [4.78, 5) is 43.9. The number of benzene rings is 1. The van der Waals surface area contributed by atoms with Crippen molar-refractivity contribution in [1.29, 1.82) is 5.26 Å². The zero-order chi connectivity index (χ0) is 23.4. The smallest absolute Gasteiger partial charge is 0.251 e. The molecule has 9 heteroatoms. The Morgan fingerprint density at radius 1 is 1.30 bits per heavy atom. The summed E-state index contributed by atoms with van der Waals surface area (Å²) >= 11 is 0. The molecule has 9 nitrogen and oxygen atoms in total. The van der Waals surface area contributed by atoms with Crippen LogP contribution in [0.1, 0.15) is 48.1 Å². The molecule has 7 atom stereocenters. The standard InChI is InChI=1S/C24H30N6O3/c1-13(14-4-3-5-15(6-14)22(31)27-2)29-18-9-21(24(29)33)28(11-18)12-19(26)23(32)30-17(10-25)7-16-8-20(16)30/h3-6,13,16-21H,7-9,11-12,26H2,1-2H3,(H,27,31)/t13-,16-,17+,18-,19+,20?,21-/m1/s1. The van der Waals surface area contributed by atoms with E-state index in [4.69, 9.17) is 5.73 Å². The van der Waals surface area contributed by atoms with Gasteiger partial charge in [0.15, 0.2) is 0 Å². The number of carbonyl (C=O) groups is 3. The molecule has 5 rings (SSSR count). The molecule has 174 valence electrons. The van der Waals surface area contributed by atoms with Crippen LogP contribution in [0.3, 0.4) is 0 Å². The zero-order valence-corrected chi connectivity index (χ0v) is 19.0. The Labute approximate surface area is 193 Å². The molecular formula is C24H30N6O3. The third kappa shape index (κ3) is 3.58. The molecule has 1 aromatic rings. The highest BCUT2D eigenvalue weighted by Crippen LogP contribution is 2.48. The lowest BCUT2D eigenvalue weighted by atomic mass is 10.0. The van der Waals surface area contributed by atoms with Gasteiger partial charge in [-0.25, -0.2) is 0 Å². The van der Waals surface area contributed by atoms with Gasteiger partial charge in [-0.2, -0.15) is 5.26 Å². The van der Waals surface area contributed by atoms with Crippen LogP contribution in [-0.4, -0.2) is 82.8 Å². The van der Waals surface area contributed by atoms with Gasteiger partial charge in [0.2, 0.25) is 11.8 Å². The molecule has 3 heterocycles. The number of hydrogen-bond donors (Lipinski definition) is 2. The molecule has 3 saturated heterocycles. The number of nitrogens with one attached hydrogen (secondary N) is 1. The van der Waals surface area contributed by atoms with Crippen molar-refractivity contribution in [2.45, 2.75) is 62.4 Å². The number of rotatable bonds is 6. The van der Waals surface area contributed by atoms with E-state index in [2.05, 4.69) is 11.4 Å². The van der Waals surface area contributed by atoms with E-state index in [1.54, 1.807) is 18.0 Å². The number of nitrogens with zero attached hydrogens (tertiary/aromatic N) is 4. The quantitative estimate of drug-likeness (QED) is 0.640. The van der Waals surface area contributed by atoms with Crippen LogP contribution < -0.4 is 11.1 Å². The van der Waals surface area contributed by atoms with Gasteiger partial charge < -0.3 is 20.9 Å². The molecule has 4 fully saturated rings. The Morgan fingerprint density at radius 3 is 2.79 bits per heavy atom. The predicted molar refractivity (Wildman–Crippen MR) is 120 cm³/mol. The van der Waals surface area contributed by atoms with Crippen LogP contribution in [0, 0.1) is 17.2 Å². The van der Waals surface area contributed by atoms with E-state index in [0.29, 0.717) is 31.0 Å². The van der Waals surface area contributed by atoms with E-state index in [1.165, 1.54) is 0 Å². The molecule has 4 aliphatic rings. The Morgan fingerprint density at radius 2 is 2.09 bits per heavy atom. The lowest BCUT2D eigenvalue weighted by molar-refractivity contribution is -0.141. The molecule has 0 aromatic heterocycles. The Hall–Kier alpha value is -2.96. The monoisotopic (exact) mass is 450 g/mol. The van der Waals surface area contributed by atoms with Crippen LogP contribution >= 0.6 is 0 Å². The Balaban J connectivity index is 1.24. The highest BCUT2D eigenvalue weighted by Gasteiger charge is 2.56. The summed E-state index contributed by atoms with van der Waals surface area (Å²) in [6.07, 6.45) is 2.44. The molecule has 2 bridgehead atoms. The summed E-state index contributed by atoms with van der Waals surface area (Å²) in [6, 6.07) is 8.30. The fraction of sp³-hybridized carbons (Fsp3) is 0.583. The summed E-state index contributed by atoms with van der Waals surface area (Å²) in [6.45, 7) is 2.99. The molecule has 3 aliphatic heterocycles. The van der Waals surface area contributed by atoms with Crippen molar-refractivity contribution in [3.63, 3.8) is 0 Å². The van der Waals surface area contributed by atoms with E-state index in [1.807, 2.05) is 34.9 Å². The third-order valence-corrected chi connectivity index (χ3v) is 7.85. The van der Waals surface area contributed by atoms with E-state index in [0.717, 1.165) is 18.4 Å². The fourth-order valence-electron chi connectivity index (χ4n) is 6.05. The van der Waals surface area contributed by atoms with Gasteiger partial charge in [0, 0.05) is 37.8 Å². The minimum atomic E-state index is -0.734. The fourth-order valence-corrected chi connectivity index (χ4v) is 6.05. The van der Waals surface area contributed by atoms with Gasteiger partial charge in [0.1, 0.15) is 6.04 Å². The van der Waals surface area contributed by atoms with E-state index < -0.39 is 6.04 Å². The van der Waals surface area contributed by atoms with Crippen molar-refractivity contribution in [3.8, 4) is 6.07 Å². The maximum absolute atomic E-state index is 13.3. The van der Waals surface area contributed by atoms with E-state index >= 15 is 0 Å². The second-order valence-electron chi connectivity index (χ2n) is 9.78. The second kappa shape index (κ2) is 8.12. The molecule has 0 radical (unpaired) electrons. The van der Waals surface area contributed by atoms with Gasteiger partial charge >= 0.3 is 0 Å². The largest absolute Gasteiger partial charge is 0.355 e. The first-order chi connectivity index (χ1) is 15.8. The van der Waals surface area contributed by atoms with Crippen LogP contribution in [-0.2, 0) is 9.59 Å².